The minimum atomic E-state index is -1.14. The molecule has 2 aromatic rings. The highest BCUT2D eigenvalue weighted by Crippen LogP contribution is 2.27. The van der Waals surface area contributed by atoms with E-state index in [4.69, 9.17) is 5.11 Å². The molecule has 1 N–H and O–H groups in total. The molecule has 102 valence electrons. The molecule has 0 saturated heterocycles. The second-order valence-electron chi connectivity index (χ2n) is 4.04. The van der Waals surface area contributed by atoms with Gasteiger partial charge in [0, 0.05) is 5.56 Å². The molecule has 5 heteroatoms. The van der Waals surface area contributed by atoms with E-state index in [1.807, 2.05) is 0 Å². The van der Waals surface area contributed by atoms with Crippen LogP contribution in [0, 0.1) is 5.82 Å². The van der Waals surface area contributed by atoms with Crippen molar-refractivity contribution in [2.24, 2.45) is 0 Å². The molecule has 0 amide bonds. The van der Waals surface area contributed by atoms with Gasteiger partial charge in [0.2, 0.25) is 0 Å². The molecule has 4 nitrogen and oxygen atoms in total. The lowest BCUT2D eigenvalue weighted by atomic mass is 9.98. The lowest BCUT2D eigenvalue weighted by molar-refractivity contribution is 0.0599. The second-order valence-corrected chi connectivity index (χ2v) is 4.04. The highest BCUT2D eigenvalue weighted by Gasteiger charge is 2.16. The molecule has 0 aliphatic heterocycles. The zero-order chi connectivity index (χ0) is 14.7. The molecule has 0 aliphatic carbocycles. The topological polar surface area (TPSA) is 63.6 Å². The van der Waals surface area contributed by atoms with Crippen molar-refractivity contribution in [2.75, 3.05) is 7.11 Å². The van der Waals surface area contributed by atoms with Crippen LogP contribution in [-0.4, -0.2) is 24.2 Å². The highest BCUT2D eigenvalue weighted by molar-refractivity contribution is 5.96. The van der Waals surface area contributed by atoms with Gasteiger partial charge in [-0.1, -0.05) is 24.3 Å². The number of hydrogen-bond acceptors (Lipinski definition) is 3. The maximum Gasteiger partial charge on any atom is 0.337 e. The molecule has 0 fully saturated rings. The minimum absolute atomic E-state index is 0.00258. The number of aromatic carboxylic acids is 1. The molecule has 0 aromatic heterocycles. The van der Waals surface area contributed by atoms with Crippen molar-refractivity contribution >= 4 is 11.9 Å². The first-order chi connectivity index (χ1) is 9.54. The maximum atomic E-state index is 14.1. The SMILES string of the molecule is COC(=O)c1ccc(-c2ccccc2C(=O)O)c(F)c1. The third kappa shape index (κ3) is 2.51. The second kappa shape index (κ2) is 5.52. The summed E-state index contributed by atoms with van der Waals surface area (Å²) in [6.07, 6.45) is 0. The molecule has 2 aromatic carbocycles. The van der Waals surface area contributed by atoms with E-state index in [-0.39, 0.29) is 22.3 Å². The third-order valence-electron chi connectivity index (χ3n) is 2.84. The largest absolute Gasteiger partial charge is 0.478 e. The van der Waals surface area contributed by atoms with Crippen LogP contribution in [0.4, 0.5) is 4.39 Å². The number of benzene rings is 2. The van der Waals surface area contributed by atoms with Crippen molar-refractivity contribution in [3.63, 3.8) is 0 Å². The fourth-order valence-corrected chi connectivity index (χ4v) is 1.88. The molecule has 20 heavy (non-hydrogen) atoms. The van der Waals surface area contributed by atoms with E-state index in [0.29, 0.717) is 0 Å². The molecule has 0 radical (unpaired) electrons. The van der Waals surface area contributed by atoms with Gasteiger partial charge in [0.1, 0.15) is 5.82 Å². The van der Waals surface area contributed by atoms with Crippen molar-refractivity contribution in [3.8, 4) is 11.1 Å². The Bertz CT molecular complexity index is 679. The Morgan fingerprint density at radius 2 is 1.80 bits per heavy atom. The van der Waals surface area contributed by atoms with Crippen molar-refractivity contribution in [2.45, 2.75) is 0 Å². The average Bonchev–Trinajstić information content (AvgIpc) is 2.46. The average molecular weight is 274 g/mol. The Balaban J connectivity index is 2.55. The smallest absolute Gasteiger partial charge is 0.337 e. The summed E-state index contributed by atoms with van der Waals surface area (Å²) in [5, 5.41) is 9.10. The van der Waals surface area contributed by atoms with E-state index < -0.39 is 17.8 Å². The minimum Gasteiger partial charge on any atom is -0.478 e. The monoisotopic (exact) mass is 274 g/mol. The van der Waals surface area contributed by atoms with Gasteiger partial charge >= 0.3 is 11.9 Å². The van der Waals surface area contributed by atoms with Crippen molar-refractivity contribution in [1.82, 2.24) is 0 Å². The Hall–Kier alpha value is -2.69. The first-order valence-corrected chi connectivity index (χ1v) is 5.75. The van der Waals surface area contributed by atoms with Crippen LogP contribution in [0.15, 0.2) is 42.5 Å². The summed E-state index contributed by atoms with van der Waals surface area (Å²) in [5.41, 5.74) is 0.448. The van der Waals surface area contributed by atoms with Crippen LogP contribution in [0.2, 0.25) is 0 Å². The lowest BCUT2D eigenvalue weighted by Gasteiger charge is -2.08. The number of hydrogen-bond donors (Lipinski definition) is 1. The zero-order valence-electron chi connectivity index (χ0n) is 10.6. The van der Waals surface area contributed by atoms with Gasteiger partial charge in [-0.25, -0.2) is 14.0 Å². The van der Waals surface area contributed by atoms with Gasteiger partial charge in [-0.05, 0) is 23.8 Å². The zero-order valence-corrected chi connectivity index (χ0v) is 10.6. The van der Waals surface area contributed by atoms with Gasteiger partial charge in [-0.15, -0.1) is 0 Å². The van der Waals surface area contributed by atoms with Crippen molar-refractivity contribution in [3.05, 3.63) is 59.4 Å². The molecule has 0 unspecified atom stereocenters. The molecule has 2 rings (SSSR count). The van der Waals surface area contributed by atoms with Gasteiger partial charge in [-0.3, -0.25) is 0 Å². The van der Waals surface area contributed by atoms with E-state index in [2.05, 4.69) is 4.74 Å². The van der Waals surface area contributed by atoms with E-state index >= 15 is 0 Å². The van der Waals surface area contributed by atoms with Gasteiger partial charge in [0.25, 0.3) is 0 Å². The number of halogens is 1. The summed E-state index contributed by atoms with van der Waals surface area (Å²) in [4.78, 5) is 22.4. The molecule has 0 spiro atoms. The number of rotatable bonds is 3. The van der Waals surface area contributed by atoms with E-state index in [1.54, 1.807) is 12.1 Å². The van der Waals surface area contributed by atoms with E-state index in [1.165, 1.54) is 31.4 Å². The summed E-state index contributed by atoms with van der Waals surface area (Å²) >= 11 is 0. The number of carbonyl (C=O) groups is 2. The summed E-state index contributed by atoms with van der Waals surface area (Å²) in [5.74, 6) is -2.47. The number of carboxylic acids is 1. The summed E-state index contributed by atoms with van der Waals surface area (Å²) in [7, 11) is 1.20. The summed E-state index contributed by atoms with van der Waals surface area (Å²) in [6.45, 7) is 0. The van der Waals surface area contributed by atoms with Crippen molar-refractivity contribution in [1.29, 1.82) is 0 Å². The number of methoxy groups -OCH3 is 1. The number of esters is 1. The molecule has 0 atom stereocenters. The number of carbonyl (C=O) groups excluding carboxylic acids is 1. The van der Waals surface area contributed by atoms with E-state index in [0.717, 1.165) is 6.07 Å². The Labute approximate surface area is 114 Å². The first-order valence-electron chi connectivity index (χ1n) is 5.75. The number of ether oxygens (including phenoxy) is 1. The number of carboxylic acid groups (broad SMARTS) is 1. The molecular weight excluding hydrogens is 263 g/mol. The van der Waals surface area contributed by atoms with Crippen molar-refractivity contribution < 1.29 is 23.8 Å². The van der Waals surface area contributed by atoms with E-state index in [9.17, 15) is 14.0 Å². The Morgan fingerprint density at radius 3 is 2.40 bits per heavy atom. The van der Waals surface area contributed by atoms with Crippen LogP contribution in [0.5, 0.6) is 0 Å². The fourth-order valence-electron chi connectivity index (χ4n) is 1.88. The fraction of sp³-hybridized carbons (Fsp3) is 0.0667. The Morgan fingerprint density at radius 1 is 1.10 bits per heavy atom. The van der Waals surface area contributed by atoms with Crippen LogP contribution in [0.1, 0.15) is 20.7 Å². The highest BCUT2D eigenvalue weighted by atomic mass is 19.1. The van der Waals surface area contributed by atoms with Gasteiger partial charge in [0.15, 0.2) is 0 Å². The van der Waals surface area contributed by atoms with Crippen LogP contribution in [-0.2, 0) is 4.74 Å². The lowest BCUT2D eigenvalue weighted by Crippen LogP contribution is -2.03. The Kier molecular flexibility index (Phi) is 3.79. The molecule has 0 bridgehead atoms. The quantitative estimate of drug-likeness (QED) is 0.874. The van der Waals surface area contributed by atoms with Crippen LogP contribution < -0.4 is 0 Å². The molecule has 0 heterocycles. The van der Waals surface area contributed by atoms with Crippen LogP contribution in [0.3, 0.4) is 0 Å². The molecular formula is C15H11FO4. The third-order valence-corrected chi connectivity index (χ3v) is 2.84. The maximum absolute atomic E-state index is 14.1. The van der Waals surface area contributed by atoms with Crippen LogP contribution in [0.25, 0.3) is 11.1 Å². The van der Waals surface area contributed by atoms with Gasteiger partial charge in [-0.2, -0.15) is 0 Å². The predicted octanol–water partition coefficient (Wildman–Crippen LogP) is 2.98. The molecule has 0 aliphatic rings. The first kappa shape index (κ1) is 13.7. The van der Waals surface area contributed by atoms with Crippen LogP contribution >= 0.6 is 0 Å². The normalized spacial score (nSPS) is 10.1. The molecule has 0 saturated carbocycles. The summed E-state index contributed by atoms with van der Waals surface area (Å²) < 4.78 is 18.6. The standard InChI is InChI=1S/C15H11FO4/c1-20-15(19)9-6-7-11(13(16)8-9)10-4-2-3-5-12(10)14(17)18/h2-8H,1H3,(H,17,18). The predicted molar refractivity (Wildman–Crippen MR) is 70.1 cm³/mol. The van der Waals surface area contributed by atoms with Gasteiger partial charge < -0.3 is 9.84 Å². The summed E-state index contributed by atoms with van der Waals surface area (Å²) in [6, 6.07) is 9.88. The van der Waals surface area contributed by atoms with Gasteiger partial charge in [0.05, 0.1) is 18.2 Å².